The topological polar surface area (TPSA) is 66.5 Å². The van der Waals surface area contributed by atoms with Crippen molar-refractivity contribution in [1.82, 2.24) is 0 Å². The lowest BCUT2D eigenvalue weighted by Crippen LogP contribution is -2.27. The number of nitrogens with zero attached hydrogens (tertiary/aromatic N) is 1. The third-order valence-electron chi connectivity index (χ3n) is 4.16. The van der Waals surface area contributed by atoms with Crippen molar-refractivity contribution in [3.05, 3.63) is 53.1 Å². The Morgan fingerprint density at radius 3 is 2.38 bits per heavy atom. The number of carbonyl (C=O) groups excluding carboxylic acids is 1. The minimum Gasteiger partial charge on any atom is -0.310 e. The highest BCUT2D eigenvalue weighted by atomic mass is 32.2. The van der Waals surface area contributed by atoms with E-state index in [4.69, 9.17) is 0 Å². The van der Waals surface area contributed by atoms with Gasteiger partial charge >= 0.3 is 0 Å². The Kier molecular flexibility index (Phi) is 4.09. The van der Waals surface area contributed by atoms with Crippen molar-refractivity contribution in [3.8, 4) is 0 Å². The molecule has 6 heteroatoms. The van der Waals surface area contributed by atoms with E-state index in [1.807, 2.05) is 19.9 Å². The summed E-state index contributed by atoms with van der Waals surface area (Å²) in [5.74, 6) is -0.0895. The number of fused-ring (bicyclic) bond motifs is 1. The first-order valence-electron chi connectivity index (χ1n) is 7.79. The Balaban J connectivity index is 2.04. The van der Waals surface area contributed by atoms with Crippen LogP contribution in [0.4, 0.5) is 11.4 Å². The predicted octanol–water partition coefficient (Wildman–Crippen LogP) is 3.01. The van der Waals surface area contributed by atoms with Crippen molar-refractivity contribution in [1.29, 1.82) is 0 Å². The van der Waals surface area contributed by atoms with Gasteiger partial charge in [0.1, 0.15) is 0 Å². The predicted molar refractivity (Wildman–Crippen MR) is 94.9 cm³/mol. The summed E-state index contributed by atoms with van der Waals surface area (Å²) in [5, 5.41) is 0. The molecule has 24 heavy (non-hydrogen) atoms. The van der Waals surface area contributed by atoms with Crippen molar-refractivity contribution in [2.45, 2.75) is 32.1 Å². The second kappa shape index (κ2) is 5.94. The molecule has 1 N–H and O–H groups in total. The van der Waals surface area contributed by atoms with Gasteiger partial charge in [-0.3, -0.25) is 9.52 Å². The summed E-state index contributed by atoms with van der Waals surface area (Å²) in [5.41, 5.74) is 4.07. The van der Waals surface area contributed by atoms with Crippen molar-refractivity contribution in [2.75, 3.05) is 16.2 Å². The maximum Gasteiger partial charge on any atom is 0.261 e. The first-order chi connectivity index (χ1) is 11.3. The first-order valence-corrected chi connectivity index (χ1v) is 9.27. The molecule has 0 spiro atoms. The quantitative estimate of drug-likeness (QED) is 0.931. The Bertz CT molecular complexity index is 903. The highest BCUT2D eigenvalue weighted by Gasteiger charge is 2.27. The molecule has 0 fully saturated rings. The molecule has 1 aliphatic rings. The molecular formula is C18H20N2O3S. The highest BCUT2D eigenvalue weighted by molar-refractivity contribution is 7.92. The lowest BCUT2D eigenvalue weighted by atomic mass is 10.1. The van der Waals surface area contributed by atoms with Crippen molar-refractivity contribution in [2.24, 2.45) is 0 Å². The van der Waals surface area contributed by atoms with E-state index in [-0.39, 0.29) is 10.8 Å². The average molecular weight is 344 g/mol. The zero-order valence-corrected chi connectivity index (χ0v) is 14.8. The first kappa shape index (κ1) is 16.5. The number of anilines is 2. The normalized spacial score (nSPS) is 13.7. The van der Waals surface area contributed by atoms with Crippen LogP contribution in [0.25, 0.3) is 0 Å². The van der Waals surface area contributed by atoms with E-state index < -0.39 is 10.0 Å². The molecule has 0 aromatic heterocycles. The van der Waals surface area contributed by atoms with Crippen LogP contribution in [-0.4, -0.2) is 20.9 Å². The molecule has 1 aliphatic heterocycles. The van der Waals surface area contributed by atoms with Gasteiger partial charge in [-0.25, -0.2) is 8.42 Å². The third-order valence-corrected chi connectivity index (χ3v) is 5.54. The van der Waals surface area contributed by atoms with E-state index >= 15 is 0 Å². The van der Waals surface area contributed by atoms with Gasteiger partial charge in [-0.1, -0.05) is 23.8 Å². The fraction of sp³-hybridized carbons (Fsp3) is 0.278. The van der Waals surface area contributed by atoms with Crippen LogP contribution in [0.2, 0.25) is 0 Å². The summed E-state index contributed by atoms with van der Waals surface area (Å²) in [6, 6.07) is 10.5. The van der Waals surface area contributed by atoms with Crippen LogP contribution in [0.1, 0.15) is 23.6 Å². The molecule has 2 aromatic rings. The van der Waals surface area contributed by atoms with Gasteiger partial charge in [0.15, 0.2) is 0 Å². The van der Waals surface area contributed by atoms with Crippen LogP contribution < -0.4 is 9.62 Å². The summed E-state index contributed by atoms with van der Waals surface area (Å²) >= 11 is 0. The monoisotopic (exact) mass is 344 g/mol. The molecule has 0 saturated carbocycles. The number of carbonyl (C=O) groups is 1. The second-order valence-corrected chi connectivity index (χ2v) is 7.84. The Labute approximate surface area is 142 Å². The maximum absolute atomic E-state index is 12.7. The van der Waals surface area contributed by atoms with E-state index in [1.165, 1.54) is 6.92 Å². The molecule has 2 aromatic carbocycles. The maximum atomic E-state index is 12.7. The molecule has 0 saturated heterocycles. The summed E-state index contributed by atoms with van der Waals surface area (Å²) in [6.07, 6.45) is 0.732. The van der Waals surface area contributed by atoms with Gasteiger partial charge in [0.2, 0.25) is 5.91 Å². The van der Waals surface area contributed by atoms with Crippen LogP contribution in [0.3, 0.4) is 0 Å². The van der Waals surface area contributed by atoms with Gasteiger partial charge in [0.25, 0.3) is 10.0 Å². The minimum absolute atomic E-state index is 0.0895. The van der Waals surface area contributed by atoms with E-state index in [1.54, 1.807) is 35.2 Å². The molecule has 3 rings (SSSR count). The lowest BCUT2D eigenvalue weighted by molar-refractivity contribution is -0.116. The van der Waals surface area contributed by atoms with Crippen LogP contribution in [0.15, 0.2) is 41.3 Å². The van der Waals surface area contributed by atoms with E-state index in [2.05, 4.69) is 4.72 Å². The molecule has 0 bridgehead atoms. The van der Waals surface area contributed by atoms with Gasteiger partial charge < -0.3 is 4.90 Å². The molecule has 0 atom stereocenters. The molecule has 1 amide bonds. The fourth-order valence-corrected chi connectivity index (χ4v) is 4.08. The smallest absolute Gasteiger partial charge is 0.261 e. The molecule has 5 nitrogen and oxygen atoms in total. The number of benzene rings is 2. The zero-order valence-electron chi connectivity index (χ0n) is 14.0. The third kappa shape index (κ3) is 3.01. The molecule has 126 valence electrons. The minimum atomic E-state index is -3.71. The van der Waals surface area contributed by atoms with E-state index in [0.29, 0.717) is 17.9 Å². The van der Waals surface area contributed by atoms with Gasteiger partial charge in [0.05, 0.1) is 16.3 Å². The second-order valence-electron chi connectivity index (χ2n) is 6.16. The van der Waals surface area contributed by atoms with Crippen LogP contribution >= 0.6 is 0 Å². The SMILES string of the molecule is CC(=O)N1CCc2cc(C)cc(NS(=O)(=O)c3ccc(C)cc3)c21. The Morgan fingerprint density at radius 1 is 1.08 bits per heavy atom. The summed E-state index contributed by atoms with van der Waals surface area (Å²) < 4.78 is 28.0. The summed E-state index contributed by atoms with van der Waals surface area (Å²) in [6.45, 7) is 5.89. The van der Waals surface area contributed by atoms with Crippen molar-refractivity contribution >= 4 is 27.3 Å². The number of amides is 1. The van der Waals surface area contributed by atoms with Crippen LogP contribution in [0.5, 0.6) is 0 Å². The summed E-state index contributed by atoms with van der Waals surface area (Å²) in [4.78, 5) is 13.7. The Hall–Kier alpha value is -2.34. The standard InChI is InChI=1S/C18H20N2O3S/c1-12-4-6-16(7-5-12)24(22,23)19-17-11-13(2)10-15-8-9-20(14(3)21)18(15)17/h4-7,10-11,19H,8-9H2,1-3H3. The Morgan fingerprint density at radius 2 is 1.75 bits per heavy atom. The van der Waals surface area contributed by atoms with Crippen molar-refractivity contribution in [3.63, 3.8) is 0 Å². The highest BCUT2D eigenvalue weighted by Crippen LogP contribution is 2.37. The van der Waals surface area contributed by atoms with Crippen LogP contribution in [-0.2, 0) is 21.2 Å². The fourth-order valence-electron chi connectivity index (χ4n) is 3.02. The number of aryl methyl sites for hydroxylation is 2. The molecule has 0 aliphatic carbocycles. The molecule has 0 unspecified atom stereocenters. The van der Waals surface area contributed by atoms with Crippen LogP contribution in [0, 0.1) is 13.8 Å². The largest absolute Gasteiger partial charge is 0.310 e. The molecular weight excluding hydrogens is 324 g/mol. The van der Waals surface area contributed by atoms with Gasteiger partial charge in [-0.15, -0.1) is 0 Å². The lowest BCUT2D eigenvalue weighted by Gasteiger charge is -2.20. The van der Waals surface area contributed by atoms with Gasteiger partial charge in [0, 0.05) is 13.5 Å². The van der Waals surface area contributed by atoms with E-state index in [9.17, 15) is 13.2 Å². The number of sulfonamides is 1. The number of nitrogens with one attached hydrogen (secondary N) is 1. The average Bonchev–Trinajstić information content (AvgIpc) is 2.91. The van der Waals surface area contributed by atoms with Crippen molar-refractivity contribution < 1.29 is 13.2 Å². The number of rotatable bonds is 3. The molecule has 1 heterocycles. The number of hydrogen-bond acceptors (Lipinski definition) is 3. The van der Waals surface area contributed by atoms with Gasteiger partial charge in [-0.05, 0) is 49.6 Å². The zero-order chi connectivity index (χ0) is 17.5. The molecule has 0 radical (unpaired) electrons. The summed E-state index contributed by atoms with van der Waals surface area (Å²) in [7, 11) is -3.71. The van der Waals surface area contributed by atoms with Gasteiger partial charge in [-0.2, -0.15) is 0 Å². The van der Waals surface area contributed by atoms with E-state index in [0.717, 1.165) is 23.1 Å². The number of hydrogen-bond donors (Lipinski definition) is 1.